The number of amides is 1. The Morgan fingerprint density at radius 3 is 2.59 bits per heavy atom. The Bertz CT molecular complexity index is 964. The number of nitrogens with zero attached hydrogens (tertiary/aromatic N) is 3. The Kier molecular flexibility index (Phi) is 6.65. The van der Waals surface area contributed by atoms with E-state index in [9.17, 15) is 18.0 Å². The maximum Gasteiger partial charge on any atom is 0.417 e. The monoisotopic (exact) mass is 470 g/mol. The number of anilines is 1. The van der Waals surface area contributed by atoms with Gasteiger partial charge in [0.1, 0.15) is 5.82 Å². The molecule has 1 amide bonds. The molecule has 2 aromatic heterocycles. The number of thiophene rings is 1. The topological polar surface area (TPSA) is 57.7 Å². The number of piperidine rings is 1. The Morgan fingerprint density at radius 2 is 2.00 bits per heavy atom. The van der Waals surface area contributed by atoms with Crippen molar-refractivity contribution in [2.24, 2.45) is 5.92 Å². The van der Waals surface area contributed by atoms with E-state index in [0.29, 0.717) is 30.9 Å². The number of likely N-dealkylation sites (tertiary alicyclic amines) is 1. The summed E-state index contributed by atoms with van der Waals surface area (Å²) in [4.78, 5) is 21.0. The summed E-state index contributed by atoms with van der Waals surface area (Å²) >= 11 is 0.909. The molecule has 176 valence electrons. The second-order valence-corrected chi connectivity index (χ2v) is 9.77. The molecule has 0 radical (unpaired) electrons. The molecular formula is C22H29F3N4O2S. The number of carbonyl (C=O) groups is 1. The molecule has 0 bridgehead atoms. The van der Waals surface area contributed by atoms with Crippen LogP contribution < -0.4 is 10.2 Å². The van der Waals surface area contributed by atoms with Crippen LogP contribution in [0.1, 0.15) is 42.6 Å². The molecule has 10 heteroatoms. The Morgan fingerprint density at radius 1 is 1.31 bits per heavy atom. The lowest BCUT2D eigenvalue weighted by Gasteiger charge is -2.43. The number of hydrogen-bond donors (Lipinski definition) is 1. The van der Waals surface area contributed by atoms with Crippen LogP contribution in [0, 0.1) is 5.92 Å². The summed E-state index contributed by atoms with van der Waals surface area (Å²) in [5.41, 5.74) is -0.416. The van der Waals surface area contributed by atoms with E-state index in [1.54, 1.807) is 0 Å². The second-order valence-electron chi connectivity index (χ2n) is 8.89. The van der Waals surface area contributed by atoms with Crippen LogP contribution in [-0.2, 0) is 10.9 Å². The number of ether oxygens (including phenoxy) is 1. The predicted molar refractivity (Wildman–Crippen MR) is 119 cm³/mol. The van der Waals surface area contributed by atoms with Gasteiger partial charge in [0.2, 0.25) is 0 Å². The smallest absolute Gasteiger partial charge is 0.373 e. The van der Waals surface area contributed by atoms with Crippen LogP contribution in [0.2, 0.25) is 0 Å². The minimum Gasteiger partial charge on any atom is -0.373 e. The van der Waals surface area contributed by atoms with E-state index in [1.807, 2.05) is 18.7 Å². The van der Waals surface area contributed by atoms with Gasteiger partial charge in [-0.25, -0.2) is 4.98 Å². The fourth-order valence-electron chi connectivity index (χ4n) is 4.52. The van der Waals surface area contributed by atoms with E-state index < -0.39 is 17.6 Å². The molecule has 6 nitrogen and oxygen atoms in total. The molecule has 0 atom stereocenters. The van der Waals surface area contributed by atoms with Crippen LogP contribution in [0.5, 0.6) is 0 Å². The quantitative estimate of drug-likeness (QED) is 0.692. The molecule has 0 aliphatic carbocycles. The first-order valence-electron chi connectivity index (χ1n) is 11.0. The minimum atomic E-state index is -4.51. The first kappa shape index (κ1) is 23.3. The zero-order valence-electron chi connectivity index (χ0n) is 18.5. The van der Waals surface area contributed by atoms with Crippen LogP contribution >= 0.6 is 11.3 Å². The highest BCUT2D eigenvalue weighted by atomic mass is 32.1. The number of alkyl halides is 3. The molecule has 2 aliphatic rings. The summed E-state index contributed by atoms with van der Waals surface area (Å²) in [5.74, 6) is 0.378. The molecule has 0 saturated carbocycles. The maximum absolute atomic E-state index is 13.8. The van der Waals surface area contributed by atoms with Gasteiger partial charge in [-0.1, -0.05) is 0 Å². The standard InChI is InChI=1S/C22H29F3N4O2S/c1-13(2)31-15-10-28(11-15)9-14-4-6-29(7-5-14)18-8-17(22(23,24)25)20-19(27-18)16(12-32-20)21(30)26-3/h8,12-15H,4-7,9-11H2,1-3H3,(H,26,30). The fraction of sp³-hybridized carbons (Fsp3) is 0.636. The lowest BCUT2D eigenvalue weighted by atomic mass is 9.94. The third-order valence-electron chi connectivity index (χ3n) is 6.13. The number of hydrogen-bond acceptors (Lipinski definition) is 6. The molecule has 0 spiro atoms. The summed E-state index contributed by atoms with van der Waals surface area (Å²) < 4.78 is 47.1. The zero-order valence-corrected chi connectivity index (χ0v) is 19.4. The average Bonchev–Trinajstić information content (AvgIpc) is 3.14. The molecule has 0 unspecified atom stereocenters. The van der Waals surface area contributed by atoms with Gasteiger partial charge < -0.3 is 15.0 Å². The van der Waals surface area contributed by atoms with E-state index in [0.717, 1.165) is 49.9 Å². The van der Waals surface area contributed by atoms with Gasteiger partial charge in [-0.3, -0.25) is 9.69 Å². The summed E-state index contributed by atoms with van der Waals surface area (Å²) in [6, 6.07) is 1.13. The molecule has 1 N–H and O–H groups in total. The molecule has 4 heterocycles. The summed E-state index contributed by atoms with van der Waals surface area (Å²) in [6.45, 7) is 8.29. The Balaban J connectivity index is 1.45. The average molecular weight is 471 g/mol. The van der Waals surface area contributed by atoms with Crippen molar-refractivity contribution in [2.45, 2.75) is 45.1 Å². The third kappa shape index (κ3) is 4.87. The van der Waals surface area contributed by atoms with E-state index in [4.69, 9.17) is 4.74 Å². The Labute approximate surface area is 189 Å². The van der Waals surface area contributed by atoms with Crippen molar-refractivity contribution in [1.29, 1.82) is 0 Å². The highest BCUT2D eigenvalue weighted by Gasteiger charge is 2.36. The lowest BCUT2D eigenvalue weighted by molar-refractivity contribution is -0.136. The molecule has 2 saturated heterocycles. The van der Waals surface area contributed by atoms with E-state index in [1.165, 1.54) is 12.4 Å². The molecule has 4 rings (SSSR count). The predicted octanol–water partition coefficient (Wildman–Crippen LogP) is 4.00. The second kappa shape index (κ2) is 9.15. The van der Waals surface area contributed by atoms with Crippen LogP contribution in [0.4, 0.5) is 19.0 Å². The molecule has 0 aromatic carbocycles. The zero-order chi connectivity index (χ0) is 23.0. The molecule has 2 aromatic rings. The van der Waals surface area contributed by atoms with Crippen molar-refractivity contribution in [3.63, 3.8) is 0 Å². The van der Waals surface area contributed by atoms with Crippen LogP contribution in [-0.4, -0.2) is 67.8 Å². The van der Waals surface area contributed by atoms with Gasteiger partial charge in [-0.05, 0) is 38.7 Å². The molecule has 2 fully saturated rings. The highest BCUT2D eigenvalue weighted by Crippen LogP contribution is 2.40. The number of rotatable bonds is 6. The van der Waals surface area contributed by atoms with Crippen LogP contribution in [0.25, 0.3) is 10.2 Å². The molecule has 2 aliphatic heterocycles. The highest BCUT2D eigenvalue weighted by molar-refractivity contribution is 7.17. The largest absolute Gasteiger partial charge is 0.417 e. The number of fused-ring (bicyclic) bond motifs is 1. The lowest BCUT2D eigenvalue weighted by Crippen LogP contribution is -2.54. The first-order valence-corrected chi connectivity index (χ1v) is 11.9. The normalized spacial score (nSPS) is 19.0. The molecule has 32 heavy (non-hydrogen) atoms. The summed E-state index contributed by atoms with van der Waals surface area (Å²) in [5, 5.41) is 3.93. The SMILES string of the molecule is CNC(=O)c1csc2c(C(F)(F)F)cc(N3CCC(CN4CC(OC(C)C)C4)CC3)nc12. The third-order valence-corrected chi connectivity index (χ3v) is 7.13. The number of nitrogens with one attached hydrogen (secondary N) is 1. The van der Waals surface area contributed by atoms with E-state index in [-0.39, 0.29) is 21.9 Å². The fourth-order valence-corrected chi connectivity index (χ4v) is 5.54. The summed E-state index contributed by atoms with van der Waals surface area (Å²) in [6.07, 6.45) is -2.15. The van der Waals surface area contributed by atoms with Gasteiger partial charge in [-0.2, -0.15) is 13.2 Å². The van der Waals surface area contributed by atoms with Gasteiger partial charge in [0.05, 0.1) is 33.6 Å². The van der Waals surface area contributed by atoms with Crippen molar-refractivity contribution >= 4 is 33.3 Å². The van der Waals surface area contributed by atoms with Crippen LogP contribution in [0.15, 0.2) is 11.4 Å². The summed E-state index contributed by atoms with van der Waals surface area (Å²) in [7, 11) is 1.46. The van der Waals surface area contributed by atoms with Crippen molar-refractivity contribution in [3.8, 4) is 0 Å². The Hall–Kier alpha value is -1.91. The number of pyridine rings is 1. The van der Waals surface area contributed by atoms with Gasteiger partial charge >= 0.3 is 6.18 Å². The van der Waals surface area contributed by atoms with Gasteiger partial charge in [-0.15, -0.1) is 11.3 Å². The molecular weight excluding hydrogens is 441 g/mol. The minimum absolute atomic E-state index is 0.00527. The van der Waals surface area contributed by atoms with Crippen molar-refractivity contribution in [2.75, 3.05) is 44.7 Å². The van der Waals surface area contributed by atoms with Gasteiger partial charge in [0.15, 0.2) is 0 Å². The van der Waals surface area contributed by atoms with Gasteiger partial charge in [0, 0.05) is 45.2 Å². The van der Waals surface area contributed by atoms with Gasteiger partial charge in [0.25, 0.3) is 5.91 Å². The van der Waals surface area contributed by atoms with Crippen molar-refractivity contribution in [1.82, 2.24) is 15.2 Å². The number of halogens is 3. The van der Waals surface area contributed by atoms with Crippen LogP contribution in [0.3, 0.4) is 0 Å². The van der Waals surface area contributed by atoms with Crippen molar-refractivity contribution < 1.29 is 22.7 Å². The number of carbonyl (C=O) groups excluding carboxylic acids is 1. The van der Waals surface area contributed by atoms with Crippen molar-refractivity contribution in [3.05, 3.63) is 22.6 Å². The first-order chi connectivity index (χ1) is 15.2. The van der Waals surface area contributed by atoms with E-state index in [2.05, 4.69) is 15.2 Å². The number of aromatic nitrogens is 1. The van der Waals surface area contributed by atoms with E-state index >= 15 is 0 Å². The maximum atomic E-state index is 13.8.